The van der Waals surface area contributed by atoms with Crippen LogP contribution in [0.15, 0.2) is 0 Å². The fourth-order valence-electron chi connectivity index (χ4n) is 0.757. The molecule has 1 nitrogen and oxygen atoms in total. The van der Waals surface area contributed by atoms with E-state index in [0.29, 0.717) is 0 Å². The van der Waals surface area contributed by atoms with Gasteiger partial charge in [0.25, 0.3) is 0 Å². The van der Waals surface area contributed by atoms with E-state index >= 15 is 0 Å². The van der Waals surface area contributed by atoms with Crippen molar-refractivity contribution in [2.75, 3.05) is 7.05 Å². The Morgan fingerprint density at radius 2 is 1.58 bits per heavy atom. The largest absolute Gasteiger partial charge is 0.333 e. The highest BCUT2D eigenvalue weighted by Crippen LogP contribution is 2.09. The summed E-state index contributed by atoms with van der Waals surface area (Å²) in [6, 6.07) is 0. The number of rotatable bonds is 4. The summed E-state index contributed by atoms with van der Waals surface area (Å²) in [4.78, 5) is 0. The van der Waals surface area contributed by atoms with E-state index in [-0.39, 0.29) is 1.43 Å². The molecule has 0 heterocycles. The third kappa shape index (κ3) is 22.5. The van der Waals surface area contributed by atoms with Crippen LogP contribution in [0.4, 0.5) is 0 Å². The van der Waals surface area contributed by atoms with E-state index < -0.39 is 0 Å². The van der Waals surface area contributed by atoms with Crippen LogP contribution in [0.25, 0.3) is 0 Å². The Hall–Kier alpha value is -0.0400. The second kappa shape index (κ2) is 22.4. The van der Waals surface area contributed by atoms with Crippen LogP contribution < -0.4 is 5.73 Å². The lowest BCUT2D eigenvalue weighted by atomic mass is 10.0. The molecular formula is C11H31N. The van der Waals surface area contributed by atoms with Crippen molar-refractivity contribution >= 4 is 0 Å². The molecule has 0 aromatic carbocycles. The summed E-state index contributed by atoms with van der Waals surface area (Å²) in [6.07, 6.45) is 5.53. The lowest BCUT2D eigenvalue weighted by Gasteiger charge is -2.04. The number of nitrogens with two attached hydrogens (primary N) is 1. The molecule has 0 rings (SSSR count). The van der Waals surface area contributed by atoms with Crippen molar-refractivity contribution in [1.82, 2.24) is 0 Å². The zero-order valence-electron chi connectivity index (χ0n) is 9.98. The van der Waals surface area contributed by atoms with Crippen LogP contribution in [0.3, 0.4) is 0 Å². The molecule has 12 heavy (non-hydrogen) atoms. The predicted molar refractivity (Wildman–Crippen MR) is 62.6 cm³/mol. The molecule has 0 aliphatic carbocycles. The standard InChI is InChI=1S/C8H18.C2H6.CH5N.H2/c1-4-6-7-8(3)5-2;2*1-2;/h8H,4-7H2,1-3H3;1-2H3;2H2,1H3;1H/t8-;;;/m0.../s1. The molecule has 0 amide bonds. The summed E-state index contributed by atoms with van der Waals surface area (Å²) in [5.41, 5.74) is 4.50. The molecule has 0 aliphatic rings. The molecule has 0 spiro atoms. The van der Waals surface area contributed by atoms with Crippen molar-refractivity contribution in [3.05, 3.63) is 0 Å². The minimum absolute atomic E-state index is 0. The Morgan fingerprint density at radius 3 is 1.83 bits per heavy atom. The van der Waals surface area contributed by atoms with Gasteiger partial charge in [0.05, 0.1) is 0 Å². The fraction of sp³-hybridized carbons (Fsp3) is 1.00. The summed E-state index contributed by atoms with van der Waals surface area (Å²) in [5, 5.41) is 0. The Labute approximate surface area is 81.2 Å². The highest BCUT2D eigenvalue weighted by atomic mass is 14.4. The first kappa shape index (κ1) is 17.9. The van der Waals surface area contributed by atoms with Gasteiger partial charge in [-0.15, -0.1) is 0 Å². The molecule has 0 saturated carbocycles. The zero-order valence-corrected chi connectivity index (χ0v) is 9.98. The van der Waals surface area contributed by atoms with Crippen molar-refractivity contribution in [3.8, 4) is 0 Å². The van der Waals surface area contributed by atoms with Crippen LogP contribution in [-0.4, -0.2) is 7.05 Å². The minimum atomic E-state index is 0. The lowest BCUT2D eigenvalue weighted by molar-refractivity contribution is 0.492. The molecule has 2 N–H and O–H groups in total. The van der Waals surface area contributed by atoms with E-state index in [9.17, 15) is 0 Å². The number of unbranched alkanes of at least 4 members (excludes halogenated alkanes) is 1. The summed E-state index contributed by atoms with van der Waals surface area (Å²) < 4.78 is 0. The van der Waals surface area contributed by atoms with Gasteiger partial charge in [-0.3, -0.25) is 0 Å². The first-order chi connectivity index (χ1) is 5.81. The van der Waals surface area contributed by atoms with Gasteiger partial charge >= 0.3 is 0 Å². The van der Waals surface area contributed by atoms with Gasteiger partial charge in [-0.1, -0.05) is 60.3 Å². The summed E-state index contributed by atoms with van der Waals surface area (Å²) in [5.74, 6) is 0.954. The van der Waals surface area contributed by atoms with Crippen LogP contribution in [0.1, 0.15) is 61.7 Å². The van der Waals surface area contributed by atoms with E-state index in [1.54, 1.807) is 0 Å². The van der Waals surface area contributed by atoms with Crippen molar-refractivity contribution in [2.45, 2.75) is 60.3 Å². The Balaban J connectivity index is -0.0000000712. The molecule has 0 aromatic rings. The molecular weight excluding hydrogens is 146 g/mol. The maximum Gasteiger partial charge on any atom is 0 e. The SMILES string of the molecule is CC.CCCC[C@@H](C)CC.CN.[HH]. The minimum Gasteiger partial charge on any atom is -0.333 e. The van der Waals surface area contributed by atoms with Gasteiger partial charge < -0.3 is 5.73 Å². The maximum atomic E-state index is 4.50. The van der Waals surface area contributed by atoms with Gasteiger partial charge in [-0.2, -0.15) is 0 Å². The molecule has 0 unspecified atom stereocenters. The molecule has 0 aromatic heterocycles. The van der Waals surface area contributed by atoms with Crippen LogP contribution in [-0.2, 0) is 0 Å². The maximum absolute atomic E-state index is 4.50. The van der Waals surface area contributed by atoms with Gasteiger partial charge in [0.2, 0.25) is 0 Å². The quantitative estimate of drug-likeness (QED) is 0.688. The highest BCUT2D eigenvalue weighted by Gasteiger charge is 1.94. The third-order valence-corrected chi connectivity index (χ3v) is 1.75. The van der Waals surface area contributed by atoms with E-state index in [0.717, 1.165) is 5.92 Å². The average molecular weight is 177 g/mol. The van der Waals surface area contributed by atoms with Crippen molar-refractivity contribution in [3.63, 3.8) is 0 Å². The van der Waals surface area contributed by atoms with E-state index in [4.69, 9.17) is 0 Å². The summed E-state index contributed by atoms with van der Waals surface area (Å²) in [6.45, 7) is 10.8. The predicted octanol–water partition coefficient (Wildman–Crippen LogP) is 4.07. The Kier molecular flexibility index (Phi) is 33.5. The highest BCUT2D eigenvalue weighted by molar-refractivity contribution is 4.47. The summed E-state index contributed by atoms with van der Waals surface area (Å²) in [7, 11) is 1.50. The van der Waals surface area contributed by atoms with Crippen LogP contribution in [0.2, 0.25) is 0 Å². The van der Waals surface area contributed by atoms with Gasteiger partial charge in [0.15, 0.2) is 0 Å². The Bertz CT molecular complexity index is 49.4. The molecule has 80 valence electrons. The zero-order chi connectivity index (χ0) is 10.4. The van der Waals surface area contributed by atoms with E-state index in [2.05, 4.69) is 26.5 Å². The second-order valence-electron chi connectivity index (χ2n) is 2.66. The van der Waals surface area contributed by atoms with Gasteiger partial charge in [-0.05, 0) is 13.0 Å². The molecule has 0 radical (unpaired) electrons. The van der Waals surface area contributed by atoms with Gasteiger partial charge in [0.1, 0.15) is 0 Å². The van der Waals surface area contributed by atoms with Crippen LogP contribution in [0.5, 0.6) is 0 Å². The van der Waals surface area contributed by atoms with Gasteiger partial charge in [-0.25, -0.2) is 0 Å². The first-order valence-corrected chi connectivity index (χ1v) is 5.39. The molecule has 0 saturated heterocycles. The third-order valence-electron chi connectivity index (χ3n) is 1.75. The van der Waals surface area contributed by atoms with E-state index in [1.165, 1.54) is 32.7 Å². The fourth-order valence-corrected chi connectivity index (χ4v) is 0.757. The van der Waals surface area contributed by atoms with Crippen LogP contribution in [0, 0.1) is 5.92 Å². The Morgan fingerprint density at radius 1 is 1.17 bits per heavy atom. The first-order valence-electron chi connectivity index (χ1n) is 5.39. The normalized spacial score (nSPS) is 10.2. The lowest BCUT2D eigenvalue weighted by Crippen LogP contribution is -1.89. The smallest absolute Gasteiger partial charge is 0 e. The molecule has 1 atom stereocenters. The van der Waals surface area contributed by atoms with Crippen LogP contribution >= 0.6 is 0 Å². The number of hydrogen-bond donors (Lipinski definition) is 1. The monoisotopic (exact) mass is 177 g/mol. The van der Waals surface area contributed by atoms with Gasteiger partial charge in [0, 0.05) is 1.43 Å². The average Bonchev–Trinajstić information content (AvgIpc) is 2.20. The molecule has 0 aliphatic heterocycles. The molecule has 1 heteroatoms. The van der Waals surface area contributed by atoms with E-state index in [1.807, 2.05) is 13.8 Å². The van der Waals surface area contributed by atoms with Crippen molar-refractivity contribution in [2.24, 2.45) is 11.7 Å². The summed E-state index contributed by atoms with van der Waals surface area (Å²) >= 11 is 0. The molecule has 0 bridgehead atoms. The number of hydrogen-bond acceptors (Lipinski definition) is 1. The topological polar surface area (TPSA) is 26.0 Å². The van der Waals surface area contributed by atoms with Crippen molar-refractivity contribution < 1.29 is 1.43 Å². The van der Waals surface area contributed by atoms with Crippen molar-refractivity contribution in [1.29, 1.82) is 0 Å². The molecule has 0 fully saturated rings. The second-order valence-corrected chi connectivity index (χ2v) is 2.66.